The van der Waals surface area contributed by atoms with Crippen LogP contribution in [0.4, 0.5) is 0 Å². The number of rotatable bonds is 2. The second-order valence-electron chi connectivity index (χ2n) is 6.00. The molecule has 2 aromatic heterocycles. The lowest BCUT2D eigenvalue weighted by Crippen LogP contribution is -3.11. The van der Waals surface area contributed by atoms with Crippen molar-refractivity contribution in [2.75, 3.05) is 13.1 Å². The lowest BCUT2D eigenvalue weighted by atomic mass is 9.99. The summed E-state index contributed by atoms with van der Waals surface area (Å²) in [4.78, 5) is 13.2. The molecule has 0 bridgehead atoms. The van der Waals surface area contributed by atoms with E-state index in [9.17, 15) is 0 Å². The first-order valence-electron chi connectivity index (χ1n) is 7.30. The number of aryl methyl sites for hydroxylation is 2. The zero-order chi connectivity index (χ0) is 14.3. The molecule has 1 saturated heterocycles. The third kappa shape index (κ3) is 2.69. The summed E-state index contributed by atoms with van der Waals surface area (Å²) >= 11 is 8.09. The van der Waals surface area contributed by atoms with Crippen LogP contribution in [0, 0.1) is 19.8 Å². The Morgan fingerprint density at radius 3 is 2.65 bits per heavy atom. The average molecular weight is 311 g/mol. The van der Waals surface area contributed by atoms with Crippen LogP contribution < -0.4 is 4.90 Å². The highest BCUT2D eigenvalue weighted by Gasteiger charge is 2.21. The fraction of sp³-hybridized carbons (Fsp3) is 0.600. The number of piperidine rings is 1. The van der Waals surface area contributed by atoms with Crippen LogP contribution in [0.2, 0.25) is 5.15 Å². The summed E-state index contributed by atoms with van der Waals surface area (Å²) in [6.07, 6.45) is 2.62. The van der Waals surface area contributed by atoms with E-state index in [1.165, 1.54) is 36.4 Å². The number of hydrogen-bond acceptors (Lipinski definition) is 3. The zero-order valence-corrected chi connectivity index (χ0v) is 13.9. The minimum atomic E-state index is 0.622. The molecule has 1 N–H and O–H groups in total. The van der Waals surface area contributed by atoms with Crippen molar-refractivity contribution in [3.05, 3.63) is 21.4 Å². The number of quaternary nitrogens is 1. The van der Waals surface area contributed by atoms with Gasteiger partial charge in [-0.25, -0.2) is 9.97 Å². The van der Waals surface area contributed by atoms with E-state index in [0.717, 1.165) is 28.5 Å². The molecule has 3 heterocycles. The molecule has 1 aliphatic rings. The maximum atomic E-state index is 6.37. The molecule has 5 heteroatoms. The molecule has 3 rings (SSSR count). The molecular weight excluding hydrogens is 290 g/mol. The number of hydrogen-bond donors (Lipinski definition) is 1. The third-order valence-electron chi connectivity index (χ3n) is 4.42. The van der Waals surface area contributed by atoms with Crippen LogP contribution in [0.1, 0.15) is 36.0 Å². The maximum Gasteiger partial charge on any atom is 0.186 e. The molecule has 0 saturated carbocycles. The van der Waals surface area contributed by atoms with Crippen LogP contribution in [-0.2, 0) is 6.54 Å². The lowest BCUT2D eigenvalue weighted by molar-refractivity contribution is -0.920. The molecule has 2 aromatic rings. The Labute approximate surface area is 129 Å². The van der Waals surface area contributed by atoms with Gasteiger partial charge in [0.25, 0.3) is 0 Å². The maximum absolute atomic E-state index is 6.37. The Morgan fingerprint density at radius 2 is 1.95 bits per heavy atom. The average Bonchev–Trinajstić information content (AvgIpc) is 2.68. The van der Waals surface area contributed by atoms with Crippen molar-refractivity contribution in [2.45, 2.75) is 40.2 Å². The molecule has 0 spiro atoms. The van der Waals surface area contributed by atoms with Gasteiger partial charge in [-0.1, -0.05) is 18.5 Å². The Balaban J connectivity index is 1.85. The molecule has 0 amide bonds. The molecule has 0 aromatic carbocycles. The van der Waals surface area contributed by atoms with Gasteiger partial charge in [0.15, 0.2) is 5.82 Å². The number of nitrogens with zero attached hydrogens (tertiary/aromatic N) is 2. The predicted octanol–water partition coefficient (Wildman–Crippen LogP) is 2.78. The Bertz CT molecular complexity index is 630. The summed E-state index contributed by atoms with van der Waals surface area (Å²) in [6.45, 7) is 9.91. The monoisotopic (exact) mass is 310 g/mol. The molecule has 1 aliphatic heterocycles. The van der Waals surface area contributed by atoms with Crippen molar-refractivity contribution in [3.8, 4) is 0 Å². The first-order chi connectivity index (χ1) is 9.54. The van der Waals surface area contributed by atoms with E-state index in [1.54, 1.807) is 16.2 Å². The van der Waals surface area contributed by atoms with Crippen molar-refractivity contribution < 1.29 is 4.90 Å². The first kappa shape index (κ1) is 14.2. The normalized spacial score (nSPS) is 23.4. The molecule has 0 atom stereocenters. The quantitative estimate of drug-likeness (QED) is 0.865. The lowest BCUT2D eigenvalue weighted by Gasteiger charge is -2.26. The molecule has 1 fully saturated rings. The van der Waals surface area contributed by atoms with E-state index in [0.29, 0.717) is 5.15 Å². The Hall–Kier alpha value is -0.710. The van der Waals surface area contributed by atoms with Crippen LogP contribution >= 0.6 is 22.9 Å². The number of thiophene rings is 1. The van der Waals surface area contributed by atoms with Crippen LogP contribution in [0.25, 0.3) is 10.2 Å². The Morgan fingerprint density at radius 1 is 1.25 bits per heavy atom. The Kier molecular flexibility index (Phi) is 3.98. The van der Waals surface area contributed by atoms with E-state index in [2.05, 4.69) is 25.8 Å². The number of likely N-dealkylation sites (tertiary alicyclic amines) is 1. The van der Waals surface area contributed by atoms with E-state index in [1.807, 2.05) is 0 Å². The predicted molar refractivity (Wildman–Crippen MR) is 84.7 cm³/mol. The van der Waals surface area contributed by atoms with E-state index in [4.69, 9.17) is 16.6 Å². The highest BCUT2D eigenvalue weighted by molar-refractivity contribution is 7.18. The summed E-state index contributed by atoms with van der Waals surface area (Å²) < 4.78 is 0. The van der Waals surface area contributed by atoms with Crippen LogP contribution in [-0.4, -0.2) is 23.1 Å². The van der Waals surface area contributed by atoms with Gasteiger partial charge in [-0.2, -0.15) is 0 Å². The van der Waals surface area contributed by atoms with Gasteiger partial charge < -0.3 is 4.90 Å². The van der Waals surface area contributed by atoms with Crippen LogP contribution in [0.15, 0.2) is 0 Å². The summed E-state index contributed by atoms with van der Waals surface area (Å²) in [5.74, 6) is 1.77. The summed E-state index contributed by atoms with van der Waals surface area (Å²) in [6, 6.07) is 0. The SMILES string of the molecule is Cc1sc2nc(C[NH+]3CCC(C)CC3)nc(Cl)c2c1C. The highest BCUT2D eigenvalue weighted by Crippen LogP contribution is 2.32. The topological polar surface area (TPSA) is 30.2 Å². The second-order valence-corrected chi connectivity index (χ2v) is 7.56. The molecule has 108 valence electrons. The van der Waals surface area contributed by atoms with Crippen molar-refractivity contribution in [1.82, 2.24) is 9.97 Å². The minimum absolute atomic E-state index is 0.622. The molecule has 3 nitrogen and oxygen atoms in total. The number of halogens is 1. The molecule has 0 aliphatic carbocycles. The van der Waals surface area contributed by atoms with Gasteiger partial charge in [0.1, 0.15) is 16.5 Å². The fourth-order valence-corrected chi connectivity index (χ4v) is 4.32. The van der Waals surface area contributed by atoms with Crippen LogP contribution in [0.5, 0.6) is 0 Å². The zero-order valence-electron chi connectivity index (χ0n) is 12.3. The van der Waals surface area contributed by atoms with Crippen molar-refractivity contribution in [1.29, 1.82) is 0 Å². The van der Waals surface area contributed by atoms with E-state index < -0.39 is 0 Å². The van der Waals surface area contributed by atoms with Gasteiger partial charge in [0, 0.05) is 4.88 Å². The van der Waals surface area contributed by atoms with Gasteiger partial charge in [-0.3, -0.25) is 0 Å². The molecule has 0 radical (unpaired) electrons. The standard InChI is InChI=1S/C15H20ClN3S/c1-9-4-6-19(7-5-9)8-12-17-14(16)13-10(2)11(3)20-15(13)18-12/h9H,4-8H2,1-3H3/p+1. The number of aromatic nitrogens is 2. The van der Waals surface area contributed by atoms with Gasteiger partial charge in [0.2, 0.25) is 0 Å². The van der Waals surface area contributed by atoms with Gasteiger partial charge in [0.05, 0.1) is 18.5 Å². The van der Waals surface area contributed by atoms with Crippen LogP contribution in [0.3, 0.4) is 0 Å². The van der Waals surface area contributed by atoms with Crippen molar-refractivity contribution >= 4 is 33.2 Å². The number of fused-ring (bicyclic) bond motifs is 1. The minimum Gasteiger partial charge on any atom is -0.329 e. The summed E-state index contributed by atoms with van der Waals surface area (Å²) in [5.41, 5.74) is 1.22. The van der Waals surface area contributed by atoms with Crippen molar-refractivity contribution in [3.63, 3.8) is 0 Å². The van der Waals surface area contributed by atoms with E-state index in [-0.39, 0.29) is 0 Å². The van der Waals surface area contributed by atoms with E-state index >= 15 is 0 Å². The van der Waals surface area contributed by atoms with Gasteiger partial charge in [-0.15, -0.1) is 11.3 Å². The molecule has 0 unspecified atom stereocenters. The van der Waals surface area contributed by atoms with Gasteiger partial charge in [-0.05, 0) is 38.2 Å². The highest BCUT2D eigenvalue weighted by atomic mass is 35.5. The van der Waals surface area contributed by atoms with Gasteiger partial charge >= 0.3 is 0 Å². The largest absolute Gasteiger partial charge is 0.329 e. The summed E-state index contributed by atoms with van der Waals surface area (Å²) in [5, 5.41) is 1.66. The fourth-order valence-electron chi connectivity index (χ4n) is 2.89. The summed E-state index contributed by atoms with van der Waals surface area (Å²) in [7, 11) is 0. The molecule has 20 heavy (non-hydrogen) atoms. The number of nitrogens with one attached hydrogen (secondary N) is 1. The molecular formula is C15H21ClN3S+. The third-order valence-corrected chi connectivity index (χ3v) is 5.79. The van der Waals surface area contributed by atoms with Crippen molar-refractivity contribution in [2.24, 2.45) is 5.92 Å². The smallest absolute Gasteiger partial charge is 0.186 e. The first-order valence-corrected chi connectivity index (χ1v) is 8.49. The second kappa shape index (κ2) is 5.58.